The van der Waals surface area contributed by atoms with Crippen LogP contribution in [0.1, 0.15) is 17.0 Å². The lowest BCUT2D eigenvalue weighted by Gasteiger charge is -2.15. The standard InChI is InChI=1S/C12H17ClN4S/c1-8-12(13)11(17(2)16-8)6-10(15-14)5-9-3-4-18-7-9/h3-4,7,10,15H,5-6,14H2,1-2H3. The van der Waals surface area contributed by atoms with Crippen LogP contribution in [0.25, 0.3) is 0 Å². The van der Waals surface area contributed by atoms with Gasteiger partial charge < -0.3 is 0 Å². The highest BCUT2D eigenvalue weighted by atomic mass is 35.5. The summed E-state index contributed by atoms with van der Waals surface area (Å²) in [6.45, 7) is 1.91. The van der Waals surface area contributed by atoms with E-state index in [-0.39, 0.29) is 6.04 Å². The summed E-state index contributed by atoms with van der Waals surface area (Å²) in [5.74, 6) is 5.62. The van der Waals surface area contributed by atoms with Crippen LogP contribution in [0.2, 0.25) is 5.02 Å². The fraction of sp³-hybridized carbons (Fsp3) is 0.417. The Morgan fingerprint density at radius 2 is 2.33 bits per heavy atom. The van der Waals surface area contributed by atoms with Crippen LogP contribution in [0.15, 0.2) is 16.8 Å². The van der Waals surface area contributed by atoms with Gasteiger partial charge in [0.15, 0.2) is 0 Å². The molecule has 6 heteroatoms. The summed E-state index contributed by atoms with van der Waals surface area (Å²) in [4.78, 5) is 0. The van der Waals surface area contributed by atoms with E-state index in [1.165, 1.54) is 5.56 Å². The van der Waals surface area contributed by atoms with Gasteiger partial charge in [-0.1, -0.05) is 11.6 Å². The minimum absolute atomic E-state index is 0.159. The van der Waals surface area contributed by atoms with Crippen molar-refractivity contribution in [2.45, 2.75) is 25.8 Å². The summed E-state index contributed by atoms with van der Waals surface area (Å²) >= 11 is 7.94. The van der Waals surface area contributed by atoms with Gasteiger partial charge in [-0.15, -0.1) is 0 Å². The van der Waals surface area contributed by atoms with E-state index in [4.69, 9.17) is 17.4 Å². The first-order valence-corrected chi connectivity index (χ1v) is 7.09. The first-order valence-electron chi connectivity index (χ1n) is 5.77. The molecule has 0 aliphatic rings. The van der Waals surface area contributed by atoms with Gasteiger partial charge in [0.1, 0.15) is 0 Å². The number of halogens is 1. The molecule has 0 spiro atoms. The van der Waals surface area contributed by atoms with E-state index in [9.17, 15) is 0 Å². The molecule has 2 aromatic rings. The maximum absolute atomic E-state index is 6.25. The number of thiophene rings is 1. The van der Waals surface area contributed by atoms with Gasteiger partial charge in [0.2, 0.25) is 0 Å². The van der Waals surface area contributed by atoms with E-state index in [1.807, 2.05) is 18.7 Å². The molecule has 0 saturated carbocycles. The van der Waals surface area contributed by atoms with E-state index >= 15 is 0 Å². The van der Waals surface area contributed by atoms with Gasteiger partial charge in [-0.3, -0.25) is 16.0 Å². The Bertz CT molecular complexity index is 506. The molecule has 0 aliphatic heterocycles. The zero-order valence-corrected chi connectivity index (χ0v) is 12.1. The van der Waals surface area contributed by atoms with Crippen LogP contribution in [0.3, 0.4) is 0 Å². The largest absolute Gasteiger partial charge is 0.271 e. The average molecular weight is 285 g/mol. The average Bonchev–Trinajstić information content (AvgIpc) is 2.92. The minimum atomic E-state index is 0.159. The van der Waals surface area contributed by atoms with Crippen molar-refractivity contribution < 1.29 is 0 Å². The number of rotatable bonds is 5. The van der Waals surface area contributed by atoms with Crippen molar-refractivity contribution >= 4 is 22.9 Å². The normalized spacial score (nSPS) is 12.9. The van der Waals surface area contributed by atoms with Crippen molar-refractivity contribution in [2.75, 3.05) is 0 Å². The van der Waals surface area contributed by atoms with Crippen molar-refractivity contribution in [1.29, 1.82) is 0 Å². The van der Waals surface area contributed by atoms with Crippen LogP contribution >= 0.6 is 22.9 Å². The van der Waals surface area contributed by atoms with Gasteiger partial charge in [0.25, 0.3) is 0 Å². The van der Waals surface area contributed by atoms with E-state index < -0.39 is 0 Å². The number of nitrogens with one attached hydrogen (secondary N) is 1. The van der Waals surface area contributed by atoms with Crippen LogP contribution in [-0.2, 0) is 19.9 Å². The SMILES string of the molecule is Cc1nn(C)c(CC(Cc2ccsc2)NN)c1Cl. The van der Waals surface area contributed by atoms with Crippen LogP contribution in [0.4, 0.5) is 0 Å². The molecule has 1 unspecified atom stereocenters. The fourth-order valence-corrected chi connectivity index (χ4v) is 2.94. The number of nitrogens with two attached hydrogens (primary N) is 1. The molecule has 2 rings (SSSR count). The molecule has 18 heavy (non-hydrogen) atoms. The van der Waals surface area contributed by atoms with Crippen LogP contribution in [0.5, 0.6) is 0 Å². The fourth-order valence-electron chi connectivity index (χ4n) is 2.02. The molecular formula is C12H17ClN4S. The Labute approximate surface area is 116 Å². The van der Waals surface area contributed by atoms with Crippen LogP contribution in [0, 0.1) is 6.92 Å². The third-order valence-corrected chi connectivity index (χ3v) is 4.22. The summed E-state index contributed by atoms with van der Waals surface area (Å²) < 4.78 is 1.83. The molecular weight excluding hydrogens is 268 g/mol. The number of hydrazine groups is 1. The molecule has 0 aromatic carbocycles. The quantitative estimate of drug-likeness (QED) is 0.653. The zero-order valence-electron chi connectivity index (χ0n) is 10.5. The van der Waals surface area contributed by atoms with E-state index in [0.717, 1.165) is 29.3 Å². The van der Waals surface area contributed by atoms with Crippen LogP contribution < -0.4 is 11.3 Å². The maximum Gasteiger partial charge on any atom is 0.0847 e. The first kappa shape index (κ1) is 13.5. The highest BCUT2D eigenvalue weighted by Gasteiger charge is 2.16. The monoisotopic (exact) mass is 284 g/mol. The summed E-state index contributed by atoms with van der Waals surface area (Å²) in [5.41, 5.74) is 6.03. The Kier molecular flexibility index (Phi) is 4.40. The topological polar surface area (TPSA) is 55.9 Å². The molecule has 0 bridgehead atoms. The molecule has 0 fully saturated rings. The Morgan fingerprint density at radius 3 is 2.83 bits per heavy atom. The third-order valence-electron chi connectivity index (χ3n) is 3.00. The molecule has 2 aromatic heterocycles. The van der Waals surface area contributed by atoms with E-state index in [1.54, 1.807) is 11.3 Å². The van der Waals surface area contributed by atoms with E-state index in [0.29, 0.717) is 0 Å². The third kappa shape index (κ3) is 2.92. The molecule has 0 aliphatic carbocycles. The Balaban J connectivity index is 2.10. The number of aromatic nitrogens is 2. The number of hydrogen-bond acceptors (Lipinski definition) is 4. The first-order chi connectivity index (χ1) is 8.61. The summed E-state index contributed by atoms with van der Waals surface area (Å²) in [6, 6.07) is 2.28. The minimum Gasteiger partial charge on any atom is -0.271 e. The second-order valence-electron chi connectivity index (χ2n) is 4.37. The predicted molar refractivity (Wildman–Crippen MR) is 75.8 cm³/mol. The molecule has 0 amide bonds. The van der Waals surface area contributed by atoms with Crippen molar-refractivity contribution in [3.8, 4) is 0 Å². The van der Waals surface area contributed by atoms with Gasteiger partial charge in [-0.2, -0.15) is 16.4 Å². The van der Waals surface area contributed by atoms with Gasteiger partial charge in [0, 0.05) is 19.5 Å². The maximum atomic E-state index is 6.25. The van der Waals surface area contributed by atoms with Crippen molar-refractivity contribution in [3.05, 3.63) is 38.8 Å². The Hall–Kier alpha value is -0.880. The van der Waals surface area contributed by atoms with Crippen molar-refractivity contribution in [3.63, 3.8) is 0 Å². The molecule has 98 valence electrons. The molecule has 1 atom stereocenters. The molecule has 0 saturated heterocycles. The van der Waals surface area contributed by atoms with Gasteiger partial charge in [0.05, 0.1) is 16.4 Å². The smallest absolute Gasteiger partial charge is 0.0847 e. The molecule has 2 heterocycles. The zero-order chi connectivity index (χ0) is 13.1. The molecule has 0 radical (unpaired) electrons. The van der Waals surface area contributed by atoms with Crippen LogP contribution in [-0.4, -0.2) is 15.8 Å². The number of hydrogen-bond donors (Lipinski definition) is 2. The lowest BCUT2D eigenvalue weighted by Crippen LogP contribution is -2.38. The van der Waals surface area contributed by atoms with Gasteiger partial charge in [-0.25, -0.2) is 0 Å². The lowest BCUT2D eigenvalue weighted by atomic mass is 10.0. The Morgan fingerprint density at radius 1 is 1.56 bits per heavy atom. The van der Waals surface area contributed by atoms with Gasteiger partial charge in [-0.05, 0) is 35.7 Å². The summed E-state index contributed by atoms with van der Waals surface area (Å²) in [6.07, 6.45) is 1.66. The van der Waals surface area contributed by atoms with Crippen molar-refractivity contribution in [2.24, 2.45) is 12.9 Å². The second kappa shape index (κ2) is 5.84. The predicted octanol–water partition coefficient (Wildman–Crippen LogP) is 2.06. The molecule has 3 N–H and O–H groups in total. The highest BCUT2D eigenvalue weighted by Crippen LogP contribution is 2.21. The van der Waals surface area contributed by atoms with Gasteiger partial charge >= 0.3 is 0 Å². The van der Waals surface area contributed by atoms with Crippen molar-refractivity contribution in [1.82, 2.24) is 15.2 Å². The summed E-state index contributed by atoms with van der Waals surface area (Å²) in [5, 5.41) is 9.26. The number of nitrogens with zero attached hydrogens (tertiary/aromatic N) is 2. The summed E-state index contributed by atoms with van der Waals surface area (Å²) in [7, 11) is 1.91. The molecule has 4 nitrogen and oxygen atoms in total. The van der Waals surface area contributed by atoms with E-state index in [2.05, 4.69) is 27.4 Å². The highest BCUT2D eigenvalue weighted by molar-refractivity contribution is 7.07. The number of aryl methyl sites for hydroxylation is 2. The lowest BCUT2D eigenvalue weighted by molar-refractivity contribution is 0.506. The second-order valence-corrected chi connectivity index (χ2v) is 5.53.